The van der Waals surface area contributed by atoms with Crippen LogP contribution in [0.4, 0.5) is 0 Å². The van der Waals surface area contributed by atoms with Crippen molar-refractivity contribution >= 4 is 11.9 Å². The molecule has 0 fully saturated rings. The Kier molecular flexibility index (Phi) is 5.37. The normalized spacial score (nSPS) is 16.3. The summed E-state index contributed by atoms with van der Waals surface area (Å²) in [6, 6.07) is 13.5. The SMILES string of the molecule is CCOc1ccccc1/C=C1\Oc2c(cc3c(c2C)OCN(Cc2ccncc2)C3)C1=O. The van der Waals surface area contributed by atoms with Gasteiger partial charge in [0.2, 0.25) is 5.78 Å². The molecule has 0 unspecified atom stereocenters. The summed E-state index contributed by atoms with van der Waals surface area (Å²) in [6.45, 7) is 6.36. The molecule has 2 aliphatic rings. The van der Waals surface area contributed by atoms with E-state index in [1.165, 1.54) is 5.56 Å². The molecular formula is C26H24N2O4. The Morgan fingerprint density at radius 2 is 1.97 bits per heavy atom. The maximum absolute atomic E-state index is 13.2. The molecule has 1 aromatic heterocycles. The van der Waals surface area contributed by atoms with E-state index in [1.54, 1.807) is 18.5 Å². The number of benzene rings is 2. The number of pyridine rings is 1. The second-order valence-corrected chi connectivity index (χ2v) is 7.89. The fourth-order valence-electron chi connectivity index (χ4n) is 4.17. The van der Waals surface area contributed by atoms with Gasteiger partial charge in [-0.3, -0.25) is 14.7 Å². The number of ketones is 1. The van der Waals surface area contributed by atoms with Gasteiger partial charge in [-0.25, -0.2) is 0 Å². The molecule has 0 bridgehead atoms. The van der Waals surface area contributed by atoms with E-state index in [1.807, 2.05) is 56.3 Å². The van der Waals surface area contributed by atoms with Gasteiger partial charge in [-0.2, -0.15) is 0 Å². The van der Waals surface area contributed by atoms with Crippen molar-refractivity contribution in [1.82, 2.24) is 9.88 Å². The minimum absolute atomic E-state index is 0.122. The first-order chi connectivity index (χ1) is 15.6. The number of carbonyl (C=O) groups is 1. The number of nitrogens with zero attached hydrogens (tertiary/aromatic N) is 2. The van der Waals surface area contributed by atoms with Crippen LogP contribution in [0.1, 0.15) is 39.5 Å². The summed E-state index contributed by atoms with van der Waals surface area (Å²) >= 11 is 0. The number of aromatic nitrogens is 1. The highest BCUT2D eigenvalue weighted by Gasteiger charge is 2.33. The number of Topliss-reactive ketones (excluding diaryl/α,β-unsaturated/α-hetero) is 1. The molecule has 0 amide bonds. The Bertz CT molecular complexity index is 1200. The smallest absolute Gasteiger partial charge is 0.231 e. The van der Waals surface area contributed by atoms with E-state index in [0.717, 1.165) is 34.7 Å². The van der Waals surface area contributed by atoms with Gasteiger partial charge >= 0.3 is 0 Å². The fraction of sp³-hybridized carbons (Fsp3) is 0.231. The van der Waals surface area contributed by atoms with Gasteiger partial charge in [0.05, 0.1) is 12.2 Å². The van der Waals surface area contributed by atoms with Crippen molar-refractivity contribution in [2.75, 3.05) is 13.3 Å². The molecule has 2 aromatic carbocycles. The van der Waals surface area contributed by atoms with Crippen molar-refractivity contribution in [2.24, 2.45) is 0 Å². The quantitative estimate of drug-likeness (QED) is 0.546. The van der Waals surface area contributed by atoms with Crippen LogP contribution in [0, 0.1) is 6.92 Å². The van der Waals surface area contributed by atoms with Crippen LogP contribution in [0.25, 0.3) is 6.08 Å². The first kappa shape index (κ1) is 20.3. The Hall–Kier alpha value is -3.64. The van der Waals surface area contributed by atoms with E-state index in [4.69, 9.17) is 14.2 Å². The number of para-hydroxylation sites is 1. The second-order valence-electron chi connectivity index (χ2n) is 7.89. The van der Waals surface area contributed by atoms with Crippen LogP contribution in [0.15, 0.2) is 60.6 Å². The minimum Gasteiger partial charge on any atom is -0.493 e. The molecule has 0 saturated carbocycles. The van der Waals surface area contributed by atoms with Crippen molar-refractivity contribution < 1.29 is 19.0 Å². The van der Waals surface area contributed by atoms with Crippen molar-refractivity contribution in [3.05, 3.63) is 88.4 Å². The van der Waals surface area contributed by atoms with Crippen LogP contribution >= 0.6 is 0 Å². The summed E-state index contributed by atoms with van der Waals surface area (Å²) in [6.07, 6.45) is 5.33. The zero-order valence-corrected chi connectivity index (χ0v) is 18.1. The molecule has 3 aromatic rings. The van der Waals surface area contributed by atoms with Crippen molar-refractivity contribution in [3.63, 3.8) is 0 Å². The molecule has 0 aliphatic carbocycles. The highest BCUT2D eigenvalue weighted by Crippen LogP contribution is 2.43. The molecule has 0 radical (unpaired) electrons. The lowest BCUT2D eigenvalue weighted by Crippen LogP contribution is -2.32. The van der Waals surface area contributed by atoms with E-state index in [0.29, 0.717) is 37.0 Å². The summed E-state index contributed by atoms with van der Waals surface area (Å²) < 4.78 is 17.8. The zero-order chi connectivity index (χ0) is 22.1. The number of ether oxygens (including phenoxy) is 3. The van der Waals surface area contributed by atoms with Gasteiger partial charge in [0.15, 0.2) is 5.76 Å². The summed E-state index contributed by atoms with van der Waals surface area (Å²) in [4.78, 5) is 19.5. The zero-order valence-electron chi connectivity index (χ0n) is 18.1. The Labute approximate surface area is 187 Å². The first-order valence-corrected chi connectivity index (χ1v) is 10.7. The third-order valence-electron chi connectivity index (χ3n) is 5.66. The largest absolute Gasteiger partial charge is 0.493 e. The summed E-state index contributed by atoms with van der Waals surface area (Å²) in [5, 5.41) is 0. The van der Waals surface area contributed by atoms with Gasteiger partial charge in [-0.1, -0.05) is 18.2 Å². The summed E-state index contributed by atoms with van der Waals surface area (Å²) in [5.74, 6) is 2.28. The standard InChI is InChI=1S/C26H24N2O4/c1-3-30-22-7-5-4-6-19(22)13-23-24(29)21-12-20-15-28(14-18-8-10-27-11-9-18)16-31-25(20)17(2)26(21)32-23/h4-13H,3,14-16H2,1-2H3/b23-13-. The first-order valence-electron chi connectivity index (χ1n) is 10.7. The van der Waals surface area contributed by atoms with Gasteiger partial charge in [0.25, 0.3) is 0 Å². The molecule has 5 rings (SSSR count). The molecule has 6 nitrogen and oxygen atoms in total. The topological polar surface area (TPSA) is 60.9 Å². The van der Waals surface area contributed by atoms with E-state index in [-0.39, 0.29) is 5.78 Å². The van der Waals surface area contributed by atoms with E-state index < -0.39 is 0 Å². The van der Waals surface area contributed by atoms with Crippen LogP contribution in [0.5, 0.6) is 17.2 Å². The van der Waals surface area contributed by atoms with Crippen molar-refractivity contribution in [3.8, 4) is 17.2 Å². The molecule has 0 N–H and O–H groups in total. The third kappa shape index (κ3) is 3.74. The van der Waals surface area contributed by atoms with Gasteiger partial charge < -0.3 is 14.2 Å². The highest BCUT2D eigenvalue weighted by atomic mass is 16.5. The molecule has 162 valence electrons. The van der Waals surface area contributed by atoms with Crippen LogP contribution in [-0.2, 0) is 13.1 Å². The second kappa shape index (κ2) is 8.48. The number of carbonyl (C=O) groups excluding carboxylic acids is 1. The fourth-order valence-corrected chi connectivity index (χ4v) is 4.17. The number of fused-ring (bicyclic) bond motifs is 2. The van der Waals surface area contributed by atoms with Crippen LogP contribution in [0.3, 0.4) is 0 Å². The van der Waals surface area contributed by atoms with E-state index in [2.05, 4.69) is 9.88 Å². The minimum atomic E-state index is -0.122. The number of allylic oxidation sites excluding steroid dienone is 1. The lowest BCUT2D eigenvalue weighted by atomic mass is 10.00. The number of hydrogen-bond acceptors (Lipinski definition) is 6. The average Bonchev–Trinajstić information content (AvgIpc) is 3.12. The maximum Gasteiger partial charge on any atom is 0.231 e. The molecule has 0 atom stereocenters. The van der Waals surface area contributed by atoms with Gasteiger partial charge in [0, 0.05) is 42.2 Å². The van der Waals surface area contributed by atoms with Crippen LogP contribution in [-0.4, -0.2) is 29.0 Å². The summed E-state index contributed by atoms with van der Waals surface area (Å²) in [7, 11) is 0. The monoisotopic (exact) mass is 428 g/mol. The molecule has 32 heavy (non-hydrogen) atoms. The van der Waals surface area contributed by atoms with E-state index >= 15 is 0 Å². The third-order valence-corrected chi connectivity index (χ3v) is 5.66. The maximum atomic E-state index is 13.2. The Morgan fingerprint density at radius 3 is 2.78 bits per heavy atom. The van der Waals surface area contributed by atoms with E-state index in [9.17, 15) is 4.79 Å². The van der Waals surface area contributed by atoms with Crippen LogP contribution in [0.2, 0.25) is 0 Å². The Balaban J connectivity index is 1.43. The lowest BCUT2D eigenvalue weighted by Gasteiger charge is -2.30. The van der Waals surface area contributed by atoms with Crippen molar-refractivity contribution in [2.45, 2.75) is 26.9 Å². The summed E-state index contributed by atoms with van der Waals surface area (Å²) in [5.41, 5.74) is 4.41. The predicted molar refractivity (Wildman–Crippen MR) is 121 cm³/mol. The highest BCUT2D eigenvalue weighted by molar-refractivity contribution is 6.15. The molecule has 2 aliphatic heterocycles. The van der Waals surface area contributed by atoms with Crippen LogP contribution < -0.4 is 14.2 Å². The van der Waals surface area contributed by atoms with Gasteiger partial charge in [0.1, 0.15) is 24.0 Å². The molecule has 0 saturated heterocycles. The van der Waals surface area contributed by atoms with Crippen molar-refractivity contribution in [1.29, 1.82) is 0 Å². The van der Waals surface area contributed by atoms with Gasteiger partial charge in [-0.15, -0.1) is 0 Å². The molecule has 3 heterocycles. The predicted octanol–water partition coefficient (Wildman–Crippen LogP) is 4.76. The molecule has 0 spiro atoms. The van der Waals surface area contributed by atoms with Gasteiger partial charge in [-0.05, 0) is 49.8 Å². The number of hydrogen-bond donors (Lipinski definition) is 0. The number of rotatable bonds is 5. The molecular weight excluding hydrogens is 404 g/mol. The Morgan fingerprint density at radius 1 is 1.16 bits per heavy atom. The lowest BCUT2D eigenvalue weighted by molar-refractivity contribution is 0.0876. The average molecular weight is 428 g/mol. The molecule has 6 heteroatoms.